The van der Waals surface area contributed by atoms with Crippen LogP contribution in [-0.4, -0.2) is 41.3 Å². The fourth-order valence-electron chi connectivity index (χ4n) is 7.86. The largest absolute Gasteiger partial charge is 0.313 e. The second-order valence-electron chi connectivity index (χ2n) is 13.3. The first kappa shape index (κ1) is 28.4. The molecule has 0 spiro atoms. The number of piperidine rings is 2. The lowest BCUT2D eigenvalue weighted by molar-refractivity contribution is -0.120. The summed E-state index contributed by atoms with van der Waals surface area (Å²) in [6.07, 6.45) is 9.89. The molecule has 3 aliphatic heterocycles. The number of nitrogens with one attached hydrogen (secondary N) is 2. The molecule has 2 aromatic carbocycles. The van der Waals surface area contributed by atoms with Crippen molar-refractivity contribution in [1.29, 1.82) is 0 Å². The van der Waals surface area contributed by atoms with Crippen molar-refractivity contribution in [2.75, 3.05) is 13.1 Å². The summed E-state index contributed by atoms with van der Waals surface area (Å²) in [5, 5.41) is 9.41. The van der Waals surface area contributed by atoms with E-state index in [-0.39, 0.29) is 15.5 Å². The summed E-state index contributed by atoms with van der Waals surface area (Å²) in [5.41, 5.74) is 4.28. The molecule has 38 heavy (non-hydrogen) atoms. The zero-order valence-corrected chi connectivity index (χ0v) is 26.0. The second-order valence-corrected chi connectivity index (χ2v) is 17.8. The van der Waals surface area contributed by atoms with E-state index in [1.54, 1.807) is 0 Å². The van der Waals surface area contributed by atoms with Gasteiger partial charge in [0, 0.05) is 30.1 Å². The van der Waals surface area contributed by atoms with E-state index in [4.69, 9.17) is 0 Å². The monoisotopic (exact) mass is 550 g/mol. The van der Waals surface area contributed by atoms with Gasteiger partial charge in [-0.15, -0.1) is 9.24 Å². The van der Waals surface area contributed by atoms with E-state index in [1.165, 1.54) is 60.5 Å². The Morgan fingerprint density at radius 2 is 1.42 bits per heavy atom. The van der Waals surface area contributed by atoms with E-state index >= 15 is 0 Å². The number of benzene rings is 2. The molecule has 0 radical (unpaired) electrons. The number of Topliss-reactive ketones (excluding diaryl/α,β-unsaturated/α-hetero) is 1. The summed E-state index contributed by atoms with van der Waals surface area (Å²) < 4.78 is 0. The molecule has 3 saturated heterocycles. The number of ketones is 1. The van der Waals surface area contributed by atoms with Crippen LogP contribution in [0.5, 0.6) is 0 Å². The van der Waals surface area contributed by atoms with Gasteiger partial charge < -0.3 is 10.6 Å². The van der Waals surface area contributed by atoms with Crippen LogP contribution in [0.3, 0.4) is 0 Å². The third kappa shape index (κ3) is 5.69. The maximum Gasteiger partial charge on any atom is 0.134 e. The lowest BCUT2D eigenvalue weighted by Crippen LogP contribution is -2.60. The van der Waals surface area contributed by atoms with Crippen molar-refractivity contribution >= 4 is 28.2 Å². The average molecular weight is 551 g/mol. The van der Waals surface area contributed by atoms with Crippen LogP contribution in [0.25, 0.3) is 0 Å². The van der Waals surface area contributed by atoms with Crippen molar-refractivity contribution in [3.8, 4) is 0 Å². The molecule has 5 heteroatoms. The molecule has 5 rings (SSSR count). The smallest absolute Gasteiger partial charge is 0.134 e. The van der Waals surface area contributed by atoms with Gasteiger partial charge in [-0.25, -0.2) is 0 Å². The van der Waals surface area contributed by atoms with Crippen molar-refractivity contribution in [1.82, 2.24) is 10.6 Å². The minimum atomic E-state index is -0.569. The Morgan fingerprint density at radius 1 is 0.842 bits per heavy atom. The highest BCUT2D eigenvalue weighted by atomic mass is 31.1. The highest BCUT2D eigenvalue weighted by Crippen LogP contribution is 2.65. The van der Waals surface area contributed by atoms with E-state index in [0.717, 1.165) is 19.5 Å². The van der Waals surface area contributed by atoms with Crippen LogP contribution in [0.4, 0.5) is 0 Å². The Morgan fingerprint density at radius 3 is 1.95 bits per heavy atom. The molecule has 0 aromatic heterocycles. The van der Waals surface area contributed by atoms with E-state index in [2.05, 4.69) is 96.1 Å². The van der Waals surface area contributed by atoms with Gasteiger partial charge in [0.05, 0.1) is 0 Å². The van der Waals surface area contributed by atoms with Crippen LogP contribution in [0.2, 0.25) is 0 Å². The van der Waals surface area contributed by atoms with Gasteiger partial charge in [0.15, 0.2) is 0 Å². The van der Waals surface area contributed by atoms with E-state index < -0.39 is 7.92 Å². The van der Waals surface area contributed by atoms with Gasteiger partial charge in [-0.1, -0.05) is 97.0 Å². The molecule has 206 valence electrons. The van der Waals surface area contributed by atoms with Crippen LogP contribution in [-0.2, 0) is 16.4 Å². The number of carbonyl (C=O) groups is 1. The van der Waals surface area contributed by atoms with Crippen LogP contribution >= 0.6 is 17.2 Å². The summed E-state index contributed by atoms with van der Waals surface area (Å²) in [6, 6.07) is 19.2. The van der Waals surface area contributed by atoms with Gasteiger partial charge >= 0.3 is 0 Å². The van der Waals surface area contributed by atoms with Crippen molar-refractivity contribution in [3.05, 3.63) is 65.2 Å². The molecule has 0 saturated carbocycles. The van der Waals surface area contributed by atoms with Crippen molar-refractivity contribution < 1.29 is 4.79 Å². The molecule has 3 heterocycles. The number of hydrogen-bond donors (Lipinski definition) is 2. The molecular formula is C33H48N2OP2. The highest BCUT2D eigenvalue weighted by molar-refractivity contribution is 7.69. The van der Waals surface area contributed by atoms with Crippen molar-refractivity contribution in [2.45, 2.75) is 113 Å². The standard InChI is InChI=1S/C33H48N2OP2/c1-31(2)22-26(36)23-32(3,4)38(31)28-17-16-25(20-24-12-6-5-7-13-24)21-27(28)33(37,29-14-8-10-18-34-29)30-15-9-11-19-35-30/h5-7,12-13,16-17,21,29-30,34-35H,8-11,14-15,18-20,22-23,37H2,1-4H3. The third-order valence-corrected chi connectivity index (χ3v) is 14.0. The second kappa shape index (κ2) is 11.4. The van der Waals surface area contributed by atoms with E-state index in [9.17, 15) is 4.79 Å². The quantitative estimate of drug-likeness (QED) is 0.395. The van der Waals surface area contributed by atoms with Crippen LogP contribution in [0.1, 0.15) is 95.8 Å². The maximum absolute atomic E-state index is 12.9. The summed E-state index contributed by atoms with van der Waals surface area (Å²) in [4.78, 5) is 12.9. The van der Waals surface area contributed by atoms with E-state index in [1.807, 2.05) is 0 Å². The first-order valence-corrected chi connectivity index (χ1v) is 16.8. The average Bonchev–Trinajstić information content (AvgIpc) is 2.89. The highest BCUT2D eigenvalue weighted by Gasteiger charge is 2.51. The predicted molar refractivity (Wildman–Crippen MR) is 167 cm³/mol. The first-order chi connectivity index (χ1) is 18.1. The zero-order valence-electron chi connectivity index (χ0n) is 24.0. The Balaban J connectivity index is 1.69. The molecule has 2 N–H and O–H groups in total. The lowest BCUT2D eigenvalue weighted by Gasteiger charge is -2.53. The molecule has 0 amide bonds. The lowest BCUT2D eigenvalue weighted by atomic mass is 9.76. The predicted octanol–water partition coefficient (Wildman–Crippen LogP) is 6.66. The zero-order chi connectivity index (χ0) is 27.0. The minimum absolute atomic E-state index is 0.0184. The molecule has 3 fully saturated rings. The van der Waals surface area contributed by atoms with Gasteiger partial charge in [-0.05, 0) is 77.5 Å². The third-order valence-electron chi connectivity index (χ3n) is 9.26. The van der Waals surface area contributed by atoms with Gasteiger partial charge in [0.1, 0.15) is 5.78 Å². The van der Waals surface area contributed by atoms with Gasteiger partial charge in [0.2, 0.25) is 0 Å². The fourth-order valence-corrected chi connectivity index (χ4v) is 13.1. The molecule has 0 bridgehead atoms. The summed E-state index contributed by atoms with van der Waals surface area (Å²) >= 11 is 0. The molecular weight excluding hydrogens is 502 g/mol. The Kier molecular flexibility index (Phi) is 8.53. The minimum Gasteiger partial charge on any atom is -0.313 e. The van der Waals surface area contributed by atoms with E-state index in [0.29, 0.717) is 30.7 Å². The first-order valence-electron chi connectivity index (χ1n) is 14.9. The SMILES string of the molecule is CC1(C)CC(=O)CC(C)(C)P1c1ccc(Cc2ccccc2)cc1C(P)(C1CCCCN1)C1CCCCN1. The summed E-state index contributed by atoms with van der Waals surface area (Å²) in [7, 11) is 2.89. The number of rotatable bonds is 6. The number of hydrogen-bond acceptors (Lipinski definition) is 3. The van der Waals surface area contributed by atoms with Crippen LogP contribution < -0.4 is 15.9 Å². The fraction of sp³-hybridized carbons (Fsp3) is 0.606. The normalized spacial score (nSPS) is 27.6. The summed E-state index contributed by atoms with van der Waals surface area (Å²) in [5.74, 6) is 0.432. The topological polar surface area (TPSA) is 41.1 Å². The Hall–Kier alpha value is -1.11. The molecule has 3 atom stereocenters. The molecule has 2 aromatic rings. The van der Waals surface area contributed by atoms with Gasteiger partial charge in [0.25, 0.3) is 0 Å². The maximum atomic E-state index is 12.9. The van der Waals surface area contributed by atoms with Crippen molar-refractivity contribution in [3.63, 3.8) is 0 Å². The van der Waals surface area contributed by atoms with Gasteiger partial charge in [-0.2, -0.15) is 0 Å². The molecule has 3 aliphatic rings. The summed E-state index contributed by atoms with van der Waals surface area (Å²) in [6.45, 7) is 11.7. The molecule has 3 nitrogen and oxygen atoms in total. The molecule has 3 unspecified atom stereocenters. The van der Waals surface area contributed by atoms with Crippen LogP contribution in [0, 0.1) is 0 Å². The van der Waals surface area contributed by atoms with Gasteiger partial charge in [-0.3, -0.25) is 4.79 Å². The number of carbonyl (C=O) groups excluding carboxylic acids is 1. The molecule has 0 aliphatic carbocycles. The van der Waals surface area contributed by atoms with Crippen molar-refractivity contribution in [2.24, 2.45) is 0 Å². The Bertz CT molecular complexity index is 1080. The Labute approximate surface area is 234 Å². The van der Waals surface area contributed by atoms with Crippen LogP contribution in [0.15, 0.2) is 48.5 Å².